The third kappa shape index (κ3) is 4.50. The monoisotopic (exact) mass is 498 g/mol. The summed E-state index contributed by atoms with van der Waals surface area (Å²) in [7, 11) is 1.26. The topological polar surface area (TPSA) is 86.1 Å². The molecule has 1 aliphatic rings. The Morgan fingerprint density at radius 3 is 2.59 bits per heavy atom. The molecule has 12 heteroatoms. The van der Waals surface area contributed by atoms with Crippen LogP contribution in [0, 0.1) is 6.92 Å². The van der Waals surface area contributed by atoms with Crippen molar-refractivity contribution >= 4 is 39.2 Å². The molecule has 0 radical (unpaired) electrons. The van der Waals surface area contributed by atoms with E-state index in [0.717, 1.165) is 40.8 Å². The van der Waals surface area contributed by atoms with Gasteiger partial charge in [-0.3, -0.25) is 4.79 Å². The number of nitrogens with zero attached hydrogens (tertiary/aromatic N) is 3. The highest BCUT2D eigenvalue weighted by Gasteiger charge is 2.27. The fraction of sp³-hybridized carbons (Fsp3) is 0.455. The Morgan fingerprint density at radius 2 is 1.91 bits per heavy atom. The van der Waals surface area contributed by atoms with Crippen molar-refractivity contribution in [2.75, 3.05) is 12.4 Å². The summed E-state index contributed by atoms with van der Waals surface area (Å²) >= 11 is 1.30. The lowest BCUT2D eigenvalue weighted by molar-refractivity contribution is -0.116. The van der Waals surface area contributed by atoms with Crippen molar-refractivity contribution in [1.82, 2.24) is 14.8 Å². The number of hydrogen-bond acceptors (Lipinski definition) is 6. The molecule has 3 aromatic rings. The largest absolute Gasteiger partial charge is 0.465 e. The van der Waals surface area contributed by atoms with Crippen LogP contribution < -0.4 is 5.32 Å². The number of alkyl halides is 4. The maximum Gasteiger partial charge on any atom is 0.341 e. The molecule has 0 saturated carbocycles. The van der Waals surface area contributed by atoms with Crippen LogP contribution in [0.5, 0.6) is 0 Å². The molecule has 0 aromatic carbocycles. The molecular weight excluding hydrogens is 476 g/mol. The van der Waals surface area contributed by atoms with Crippen molar-refractivity contribution in [2.24, 2.45) is 0 Å². The molecule has 4 rings (SSSR count). The lowest BCUT2D eigenvalue weighted by Gasteiger charge is -2.09. The van der Waals surface area contributed by atoms with E-state index in [4.69, 9.17) is 4.74 Å². The number of amides is 1. The lowest BCUT2D eigenvalue weighted by atomic mass is 10.1. The number of aromatic nitrogens is 3. The van der Waals surface area contributed by atoms with E-state index in [-0.39, 0.29) is 16.7 Å². The van der Waals surface area contributed by atoms with Crippen LogP contribution in [-0.2, 0) is 28.9 Å². The number of nitrogens with one attached hydrogen (secondary N) is 1. The molecule has 3 aromatic heterocycles. The molecule has 182 valence electrons. The van der Waals surface area contributed by atoms with Crippen LogP contribution >= 0.6 is 11.3 Å². The summed E-state index contributed by atoms with van der Waals surface area (Å²) in [6.45, 7) is 0.980. The van der Waals surface area contributed by atoms with Crippen molar-refractivity contribution in [2.45, 2.75) is 58.4 Å². The summed E-state index contributed by atoms with van der Waals surface area (Å²) in [6.07, 6.45) is -1.65. The maximum atomic E-state index is 13.5. The van der Waals surface area contributed by atoms with E-state index >= 15 is 0 Å². The Kier molecular flexibility index (Phi) is 6.87. The number of aryl methyl sites for hydroxylation is 2. The zero-order valence-electron chi connectivity index (χ0n) is 18.5. The van der Waals surface area contributed by atoms with Crippen LogP contribution in [0.15, 0.2) is 6.07 Å². The highest BCUT2D eigenvalue weighted by molar-refractivity contribution is 7.17. The van der Waals surface area contributed by atoms with Gasteiger partial charge in [0.25, 0.3) is 12.9 Å². The zero-order valence-corrected chi connectivity index (χ0v) is 19.3. The smallest absolute Gasteiger partial charge is 0.341 e. The maximum absolute atomic E-state index is 13.5. The van der Waals surface area contributed by atoms with E-state index in [1.165, 1.54) is 25.4 Å². The molecule has 1 N–H and O–H groups in total. The molecule has 7 nitrogen and oxygen atoms in total. The van der Waals surface area contributed by atoms with Crippen LogP contribution in [0.25, 0.3) is 11.0 Å². The number of anilines is 1. The Hall–Kier alpha value is -3.02. The number of rotatable bonds is 6. The minimum absolute atomic E-state index is 0.0645. The number of hydrogen-bond donors (Lipinski definition) is 1. The Morgan fingerprint density at radius 1 is 1.18 bits per heavy atom. The first-order valence-electron chi connectivity index (χ1n) is 10.7. The van der Waals surface area contributed by atoms with E-state index < -0.39 is 42.5 Å². The first-order valence-corrected chi connectivity index (χ1v) is 11.5. The third-order valence-electron chi connectivity index (χ3n) is 5.74. The van der Waals surface area contributed by atoms with Crippen LogP contribution in [0.2, 0.25) is 0 Å². The minimum Gasteiger partial charge on any atom is -0.465 e. The van der Waals surface area contributed by atoms with Crippen LogP contribution in [0.1, 0.15) is 69.9 Å². The molecule has 0 fully saturated rings. The predicted molar refractivity (Wildman–Crippen MR) is 118 cm³/mol. The highest BCUT2D eigenvalue weighted by atomic mass is 32.1. The standard InChI is InChI=1S/C22H22F4N4O3S/c1-10-16-12(18(23)24)8-13(19(25)26)27-20(16)30(29-10)9-15(31)28-21-17(22(32)33-2)11-6-4-3-5-7-14(11)34-21/h8,18-19H,3-7,9H2,1-2H3,(H,28,31). The molecule has 0 unspecified atom stereocenters. The van der Waals surface area contributed by atoms with Crippen LogP contribution in [0.4, 0.5) is 22.6 Å². The Bertz CT molecular complexity index is 1250. The first kappa shape index (κ1) is 24.1. The first-order chi connectivity index (χ1) is 16.2. The van der Waals surface area contributed by atoms with Gasteiger partial charge >= 0.3 is 5.97 Å². The van der Waals surface area contributed by atoms with Crippen molar-refractivity contribution in [3.05, 3.63) is 39.0 Å². The van der Waals surface area contributed by atoms with E-state index in [2.05, 4.69) is 15.4 Å². The summed E-state index contributed by atoms with van der Waals surface area (Å²) < 4.78 is 59.6. The predicted octanol–water partition coefficient (Wildman–Crippen LogP) is 5.37. The van der Waals surface area contributed by atoms with Gasteiger partial charge in [0.2, 0.25) is 5.91 Å². The molecule has 0 aliphatic heterocycles. The van der Waals surface area contributed by atoms with Gasteiger partial charge in [0, 0.05) is 10.4 Å². The number of ether oxygens (including phenoxy) is 1. The van der Waals surface area contributed by atoms with E-state index in [9.17, 15) is 27.2 Å². The number of methoxy groups -OCH3 is 1. The normalized spacial score (nSPS) is 13.9. The summed E-state index contributed by atoms with van der Waals surface area (Å²) in [5.74, 6) is -1.16. The molecule has 1 amide bonds. The summed E-state index contributed by atoms with van der Waals surface area (Å²) in [5, 5.41) is 7.06. The van der Waals surface area contributed by atoms with Crippen LogP contribution in [0.3, 0.4) is 0 Å². The van der Waals surface area contributed by atoms with Gasteiger partial charge in [-0.1, -0.05) is 6.42 Å². The van der Waals surface area contributed by atoms with Gasteiger partial charge < -0.3 is 10.1 Å². The SMILES string of the molecule is COC(=O)c1c(NC(=O)Cn2nc(C)c3c(C(F)F)cc(C(F)F)nc32)sc2c1CCCCC2. The molecule has 0 spiro atoms. The molecule has 3 heterocycles. The van der Waals surface area contributed by atoms with Gasteiger partial charge in [0.05, 0.1) is 23.8 Å². The molecule has 0 bridgehead atoms. The minimum atomic E-state index is -3.07. The fourth-order valence-corrected chi connectivity index (χ4v) is 5.55. The van der Waals surface area contributed by atoms with Gasteiger partial charge in [-0.15, -0.1) is 11.3 Å². The quantitative estimate of drug-likeness (QED) is 0.281. The van der Waals surface area contributed by atoms with Gasteiger partial charge in [-0.25, -0.2) is 32.0 Å². The van der Waals surface area contributed by atoms with Crippen LogP contribution in [-0.4, -0.2) is 33.8 Å². The van der Waals surface area contributed by atoms with Gasteiger partial charge in [-0.2, -0.15) is 5.10 Å². The van der Waals surface area contributed by atoms with Gasteiger partial charge in [0.1, 0.15) is 17.2 Å². The summed E-state index contributed by atoms with van der Waals surface area (Å²) in [4.78, 5) is 30.1. The second-order valence-corrected chi connectivity index (χ2v) is 9.09. The Labute approximate surface area is 196 Å². The van der Waals surface area contributed by atoms with E-state index in [1.807, 2.05) is 0 Å². The second kappa shape index (κ2) is 9.69. The molecular formula is C22H22F4N4O3S. The third-order valence-corrected chi connectivity index (χ3v) is 6.95. The van der Waals surface area contributed by atoms with Crippen molar-refractivity contribution in [3.63, 3.8) is 0 Å². The number of fused-ring (bicyclic) bond motifs is 2. The molecule has 0 atom stereocenters. The highest BCUT2D eigenvalue weighted by Crippen LogP contribution is 2.38. The number of halogens is 4. The van der Waals surface area contributed by atoms with Crippen molar-refractivity contribution in [3.8, 4) is 0 Å². The average Bonchev–Trinajstić information content (AvgIpc) is 3.18. The average molecular weight is 499 g/mol. The van der Waals surface area contributed by atoms with Gasteiger partial charge in [-0.05, 0) is 44.2 Å². The van der Waals surface area contributed by atoms with Gasteiger partial charge in [0.15, 0.2) is 5.65 Å². The van der Waals surface area contributed by atoms with Crippen molar-refractivity contribution in [1.29, 1.82) is 0 Å². The number of carbonyl (C=O) groups is 2. The summed E-state index contributed by atoms with van der Waals surface area (Å²) in [6, 6.07) is 0.665. The fourth-order valence-electron chi connectivity index (χ4n) is 4.25. The van der Waals surface area contributed by atoms with E-state index in [1.54, 1.807) is 0 Å². The Balaban J connectivity index is 1.68. The summed E-state index contributed by atoms with van der Waals surface area (Å²) in [5.41, 5.74) is -0.327. The number of carbonyl (C=O) groups excluding carboxylic acids is 2. The zero-order chi connectivity index (χ0) is 24.6. The molecule has 34 heavy (non-hydrogen) atoms. The van der Waals surface area contributed by atoms with Crippen molar-refractivity contribution < 1.29 is 31.9 Å². The lowest BCUT2D eigenvalue weighted by Crippen LogP contribution is -2.21. The van der Waals surface area contributed by atoms with E-state index in [0.29, 0.717) is 23.1 Å². The molecule has 1 aliphatic carbocycles. The second-order valence-electron chi connectivity index (χ2n) is 7.99. The molecule has 0 saturated heterocycles. The number of esters is 1. The number of thiophene rings is 1. The number of pyridine rings is 1.